The van der Waals surface area contributed by atoms with Gasteiger partial charge in [-0.15, -0.1) is 16.5 Å². The molecule has 0 saturated carbocycles. The number of carbonyl (C=O) groups is 1. The van der Waals surface area contributed by atoms with Crippen LogP contribution in [0, 0.1) is 6.92 Å². The van der Waals surface area contributed by atoms with Gasteiger partial charge in [0.25, 0.3) is 5.91 Å². The van der Waals surface area contributed by atoms with Crippen LogP contribution in [0.5, 0.6) is 0 Å². The highest BCUT2D eigenvalue weighted by Gasteiger charge is 2.23. The number of rotatable bonds is 1. The molecule has 14 heavy (non-hydrogen) atoms. The predicted octanol–water partition coefficient (Wildman–Crippen LogP) is 2.43. The second-order valence-corrected chi connectivity index (χ2v) is 4.04. The molecule has 1 aromatic rings. The number of thiazole rings is 1. The Kier molecular flexibility index (Phi) is 2.25. The van der Waals surface area contributed by atoms with Crippen molar-refractivity contribution in [2.24, 2.45) is 10.2 Å². The van der Waals surface area contributed by atoms with E-state index in [9.17, 15) is 4.79 Å². The molecule has 1 aliphatic heterocycles. The van der Waals surface area contributed by atoms with E-state index in [4.69, 9.17) is 0 Å². The first-order chi connectivity index (χ1) is 6.66. The van der Waals surface area contributed by atoms with Crippen molar-refractivity contribution < 1.29 is 4.79 Å². The molecule has 0 aliphatic carbocycles. The van der Waals surface area contributed by atoms with Crippen molar-refractivity contribution in [3.8, 4) is 0 Å². The third-order valence-corrected chi connectivity index (χ3v) is 2.93. The number of hydrogen-bond acceptors (Lipinski definition) is 4. The highest BCUT2D eigenvalue weighted by atomic mass is 32.1. The molecule has 0 fully saturated rings. The normalized spacial score (nSPS) is 21.1. The number of amides is 1. The number of carbonyl (C=O) groups excluding carboxylic acids is 1. The van der Waals surface area contributed by atoms with Gasteiger partial charge in [-0.3, -0.25) is 4.79 Å². The Morgan fingerprint density at radius 3 is 2.79 bits per heavy atom. The Labute approximate surface area is 85.4 Å². The molecule has 2 rings (SSSR count). The molecule has 0 aromatic carbocycles. The smallest absolute Gasteiger partial charge is 0.270 e. The number of hydrogen-bond donors (Lipinski definition) is 0. The zero-order valence-corrected chi connectivity index (χ0v) is 8.71. The van der Waals surface area contributed by atoms with Crippen molar-refractivity contribution in [1.82, 2.24) is 4.98 Å². The van der Waals surface area contributed by atoms with Gasteiger partial charge >= 0.3 is 0 Å². The quantitative estimate of drug-likeness (QED) is 0.710. The van der Waals surface area contributed by atoms with Crippen LogP contribution in [0.15, 0.2) is 27.4 Å². The van der Waals surface area contributed by atoms with Crippen LogP contribution >= 0.6 is 11.3 Å². The maximum Gasteiger partial charge on any atom is 0.278 e. The van der Waals surface area contributed by atoms with Gasteiger partial charge in [0, 0.05) is 11.1 Å². The molecule has 0 saturated heterocycles. The summed E-state index contributed by atoms with van der Waals surface area (Å²) in [4.78, 5) is 15.7. The summed E-state index contributed by atoms with van der Waals surface area (Å²) < 4.78 is 0. The van der Waals surface area contributed by atoms with E-state index in [1.165, 1.54) is 11.3 Å². The van der Waals surface area contributed by atoms with Crippen LogP contribution in [0.25, 0.3) is 0 Å². The molecule has 0 spiro atoms. The van der Waals surface area contributed by atoms with Crippen molar-refractivity contribution in [3.05, 3.63) is 27.9 Å². The summed E-state index contributed by atoms with van der Waals surface area (Å²) in [5.74, 6) is -0.559. The Morgan fingerprint density at radius 1 is 1.36 bits per heavy atom. The Hall–Kier alpha value is -1.36. The largest absolute Gasteiger partial charge is 0.278 e. The molecule has 1 aromatic heterocycles. The molecule has 5 heteroatoms. The minimum atomic E-state index is -0.328. The number of aromatic nitrogens is 1. The van der Waals surface area contributed by atoms with Gasteiger partial charge in [0.2, 0.25) is 0 Å². The second kappa shape index (κ2) is 3.42. The molecule has 1 amide bonds. The lowest BCUT2D eigenvalue weighted by atomic mass is 10.1. The summed E-state index contributed by atoms with van der Waals surface area (Å²) in [6, 6.07) is 0. The van der Waals surface area contributed by atoms with Crippen molar-refractivity contribution in [2.75, 3.05) is 0 Å². The van der Waals surface area contributed by atoms with Gasteiger partial charge in [0.15, 0.2) is 0 Å². The summed E-state index contributed by atoms with van der Waals surface area (Å²) in [5, 5.41) is 9.99. The average Bonchev–Trinajstić information content (AvgIpc) is 2.56. The minimum absolute atomic E-state index is 0.232. The van der Waals surface area contributed by atoms with Crippen molar-refractivity contribution in [3.63, 3.8) is 0 Å². The van der Waals surface area contributed by atoms with E-state index in [0.717, 1.165) is 16.4 Å². The van der Waals surface area contributed by atoms with Crippen LogP contribution in [-0.4, -0.2) is 10.9 Å². The zero-order chi connectivity index (χ0) is 10.1. The van der Waals surface area contributed by atoms with Gasteiger partial charge in [-0.2, -0.15) is 5.11 Å². The van der Waals surface area contributed by atoms with Gasteiger partial charge in [0.05, 0.1) is 5.70 Å². The number of aryl methyl sites for hydroxylation is 1. The molecule has 4 nitrogen and oxygen atoms in total. The van der Waals surface area contributed by atoms with Crippen LogP contribution in [0.2, 0.25) is 0 Å². The SMILES string of the molecule is CC1=CC(c2nc(C)cs2)C(=O)N=N1. The molecular weight excluding hydrogens is 198 g/mol. The molecular formula is C9H9N3OS. The number of azo groups is 1. The summed E-state index contributed by atoms with van der Waals surface area (Å²) in [5.41, 5.74) is 1.70. The van der Waals surface area contributed by atoms with E-state index in [1.54, 1.807) is 6.08 Å². The summed E-state index contributed by atoms with van der Waals surface area (Å²) in [7, 11) is 0. The molecule has 1 atom stereocenters. The average molecular weight is 207 g/mol. The van der Waals surface area contributed by atoms with Crippen molar-refractivity contribution in [1.29, 1.82) is 0 Å². The van der Waals surface area contributed by atoms with Gasteiger partial charge in [-0.05, 0) is 19.9 Å². The Bertz CT molecular complexity index is 433. The Balaban J connectivity index is 2.35. The van der Waals surface area contributed by atoms with Crippen LogP contribution in [0.4, 0.5) is 0 Å². The first-order valence-corrected chi connectivity index (χ1v) is 5.11. The zero-order valence-electron chi connectivity index (χ0n) is 7.89. The lowest BCUT2D eigenvalue weighted by Crippen LogP contribution is -2.10. The van der Waals surface area contributed by atoms with Gasteiger partial charge < -0.3 is 0 Å². The van der Waals surface area contributed by atoms with Gasteiger partial charge in [0.1, 0.15) is 10.9 Å². The lowest BCUT2D eigenvalue weighted by Gasteiger charge is -2.08. The lowest BCUT2D eigenvalue weighted by molar-refractivity contribution is -0.119. The molecule has 0 radical (unpaired) electrons. The monoisotopic (exact) mass is 207 g/mol. The summed E-state index contributed by atoms with van der Waals surface area (Å²) in [6.07, 6.45) is 1.80. The third kappa shape index (κ3) is 1.63. The number of allylic oxidation sites excluding steroid dienone is 1. The highest BCUT2D eigenvalue weighted by Crippen LogP contribution is 2.27. The fourth-order valence-electron chi connectivity index (χ4n) is 1.23. The van der Waals surface area contributed by atoms with Crippen LogP contribution in [0.1, 0.15) is 23.5 Å². The molecule has 0 N–H and O–H groups in total. The van der Waals surface area contributed by atoms with E-state index in [2.05, 4.69) is 15.2 Å². The van der Waals surface area contributed by atoms with E-state index < -0.39 is 0 Å². The van der Waals surface area contributed by atoms with E-state index >= 15 is 0 Å². The topological polar surface area (TPSA) is 54.7 Å². The fraction of sp³-hybridized carbons (Fsp3) is 0.333. The molecule has 72 valence electrons. The van der Waals surface area contributed by atoms with Crippen molar-refractivity contribution >= 4 is 17.2 Å². The maximum atomic E-state index is 11.4. The van der Waals surface area contributed by atoms with E-state index in [-0.39, 0.29) is 11.8 Å². The van der Waals surface area contributed by atoms with Gasteiger partial charge in [-0.1, -0.05) is 0 Å². The van der Waals surface area contributed by atoms with E-state index in [1.807, 2.05) is 19.2 Å². The molecule has 1 unspecified atom stereocenters. The minimum Gasteiger partial charge on any atom is -0.270 e. The predicted molar refractivity (Wildman–Crippen MR) is 53.2 cm³/mol. The third-order valence-electron chi connectivity index (χ3n) is 1.88. The maximum absolute atomic E-state index is 11.4. The molecule has 1 aliphatic rings. The van der Waals surface area contributed by atoms with E-state index in [0.29, 0.717) is 0 Å². The van der Waals surface area contributed by atoms with Gasteiger partial charge in [-0.25, -0.2) is 4.98 Å². The van der Waals surface area contributed by atoms with Crippen LogP contribution in [0.3, 0.4) is 0 Å². The fourth-order valence-corrected chi connectivity index (χ4v) is 2.08. The standard InChI is InChI=1S/C9H9N3OS/c1-5-3-7(8(13)12-11-5)9-10-6(2)4-14-9/h3-4,7H,1-2H3. The van der Waals surface area contributed by atoms with Crippen molar-refractivity contribution in [2.45, 2.75) is 19.8 Å². The second-order valence-electron chi connectivity index (χ2n) is 3.15. The highest BCUT2D eigenvalue weighted by molar-refractivity contribution is 7.09. The number of nitrogens with zero attached hydrogens (tertiary/aromatic N) is 3. The van der Waals surface area contributed by atoms with Crippen LogP contribution in [-0.2, 0) is 4.79 Å². The summed E-state index contributed by atoms with van der Waals surface area (Å²) in [6.45, 7) is 3.73. The molecule has 0 bridgehead atoms. The summed E-state index contributed by atoms with van der Waals surface area (Å²) >= 11 is 1.48. The Morgan fingerprint density at radius 2 is 2.14 bits per heavy atom. The van der Waals surface area contributed by atoms with Crippen LogP contribution < -0.4 is 0 Å². The molecule has 2 heterocycles. The first kappa shape index (κ1) is 9.21. The first-order valence-electron chi connectivity index (χ1n) is 4.23.